The minimum Gasteiger partial charge on any atom is -0.496 e. The van der Waals surface area contributed by atoms with Crippen LogP contribution in [0.5, 0.6) is 5.75 Å². The zero-order valence-electron chi connectivity index (χ0n) is 13.6. The Morgan fingerprint density at radius 3 is 2.41 bits per heavy atom. The molecule has 5 nitrogen and oxygen atoms in total. The Hall–Kier alpha value is -2.05. The summed E-state index contributed by atoms with van der Waals surface area (Å²) >= 11 is 1.50. The van der Waals surface area contributed by atoms with Gasteiger partial charge >= 0.3 is 0 Å². The number of hydrogen-bond acceptors (Lipinski definition) is 6. The van der Waals surface area contributed by atoms with Crippen LogP contribution in [0.4, 0.5) is 5.82 Å². The summed E-state index contributed by atoms with van der Waals surface area (Å²) in [5, 5.41) is 0.764. The number of fused-ring (bicyclic) bond motifs is 1. The van der Waals surface area contributed by atoms with Gasteiger partial charge in [-0.05, 0) is 18.4 Å². The molecule has 0 aliphatic rings. The standard InChI is InChI=1S/C12H14N4OS.C2H6.C2H4/c1-7(18-3)11-14-8-5-4-6-9(17-2)10(8)12(15-11)16-13;2*1-2/h4-6H,1,13H2,2-3H3,(H,14,15,16);1-2H3;1-2H2. The highest BCUT2D eigenvalue weighted by Gasteiger charge is 2.12. The summed E-state index contributed by atoms with van der Waals surface area (Å²) in [4.78, 5) is 9.60. The van der Waals surface area contributed by atoms with Crippen LogP contribution >= 0.6 is 11.8 Å². The fourth-order valence-electron chi connectivity index (χ4n) is 1.64. The molecule has 0 fully saturated rings. The van der Waals surface area contributed by atoms with Crippen LogP contribution in [-0.2, 0) is 0 Å². The van der Waals surface area contributed by atoms with Gasteiger partial charge in [0, 0.05) is 4.91 Å². The van der Waals surface area contributed by atoms with E-state index in [1.54, 1.807) is 7.11 Å². The quantitative estimate of drug-likeness (QED) is 0.502. The lowest BCUT2D eigenvalue weighted by molar-refractivity contribution is 0.420. The topological polar surface area (TPSA) is 73.1 Å². The molecule has 0 unspecified atom stereocenters. The first kappa shape index (κ1) is 19.9. The molecule has 1 aromatic heterocycles. The van der Waals surface area contributed by atoms with Crippen LogP contribution in [0, 0.1) is 0 Å². The molecule has 6 heteroatoms. The van der Waals surface area contributed by atoms with Crippen LogP contribution in [0.15, 0.2) is 37.9 Å². The first-order valence-electron chi connectivity index (χ1n) is 6.76. The van der Waals surface area contributed by atoms with Crippen molar-refractivity contribution in [1.82, 2.24) is 9.97 Å². The van der Waals surface area contributed by atoms with Gasteiger partial charge in [0.1, 0.15) is 5.75 Å². The van der Waals surface area contributed by atoms with Gasteiger partial charge in [-0.15, -0.1) is 24.9 Å². The molecule has 3 N–H and O–H groups in total. The largest absolute Gasteiger partial charge is 0.496 e. The molecule has 0 saturated carbocycles. The summed E-state index contributed by atoms with van der Waals surface area (Å²) in [6.45, 7) is 13.9. The summed E-state index contributed by atoms with van der Waals surface area (Å²) in [5.74, 6) is 7.30. The molecule has 0 aliphatic carbocycles. The minimum absolute atomic E-state index is 0.530. The van der Waals surface area contributed by atoms with Crippen molar-refractivity contribution in [2.45, 2.75) is 13.8 Å². The third kappa shape index (κ3) is 4.47. The van der Waals surface area contributed by atoms with Crippen molar-refractivity contribution in [2.75, 3.05) is 18.8 Å². The first-order chi connectivity index (χ1) is 10.7. The van der Waals surface area contributed by atoms with Crippen molar-refractivity contribution >= 4 is 33.4 Å². The fourth-order valence-corrected chi connectivity index (χ4v) is 1.92. The minimum atomic E-state index is 0.530. The van der Waals surface area contributed by atoms with Gasteiger partial charge in [-0.1, -0.05) is 26.5 Å². The molecule has 0 spiro atoms. The number of nitrogens with one attached hydrogen (secondary N) is 1. The van der Waals surface area contributed by atoms with E-state index < -0.39 is 0 Å². The monoisotopic (exact) mass is 320 g/mol. The normalized spacial score (nSPS) is 8.95. The van der Waals surface area contributed by atoms with Crippen molar-refractivity contribution in [1.29, 1.82) is 0 Å². The maximum absolute atomic E-state index is 5.52. The van der Waals surface area contributed by atoms with Crippen LogP contribution in [0.1, 0.15) is 19.7 Å². The van der Waals surface area contributed by atoms with Crippen LogP contribution in [0.25, 0.3) is 15.8 Å². The van der Waals surface area contributed by atoms with E-state index in [1.165, 1.54) is 11.8 Å². The molecule has 1 heterocycles. The Balaban J connectivity index is 0.00000102. The molecule has 2 rings (SSSR count). The Labute approximate surface area is 136 Å². The number of hydrazine groups is 1. The smallest absolute Gasteiger partial charge is 0.167 e. The van der Waals surface area contributed by atoms with E-state index in [0.29, 0.717) is 17.4 Å². The van der Waals surface area contributed by atoms with Crippen molar-refractivity contribution in [3.63, 3.8) is 0 Å². The lowest BCUT2D eigenvalue weighted by atomic mass is 10.2. The molecule has 1 aromatic carbocycles. The maximum Gasteiger partial charge on any atom is 0.167 e. The van der Waals surface area contributed by atoms with Gasteiger partial charge in [0.05, 0.1) is 18.0 Å². The number of anilines is 1. The predicted octanol–water partition coefficient (Wildman–Crippen LogP) is 4.09. The number of rotatable bonds is 4. The van der Waals surface area contributed by atoms with Gasteiger partial charge in [-0.2, -0.15) is 0 Å². The number of nitrogen functional groups attached to an aromatic ring is 1. The van der Waals surface area contributed by atoms with E-state index in [-0.39, 0.29) is 0 Å². The van der Waals surface area contributed by atoms with Gasteiger partial charge in [0.15, 0.2) is 11.6 Å². The molecule has 120 valence electrons. The molecular weight excluding hydrogens is 296 g/mol. The number of nitrogens with two attached hydrogens (primary N) is 1. The molecule has 2 aromatic rings. The summed E-state index contributed by atoms with van der Waals surface area (Å²) < 4.78 is 5.29. The first-order valence-corrected chi connectivity index (χ1v) is 7.98. The highest BCUT2D eigenvalue weighted by Crippen LogP contribution is 2.31. The van der Waals surface area contributed by atoms with Gasteiger partial charge in [0.2, 0.25) is 0 Å². The van der Waals surface area contributed by atoms with E-state index >= 15 is 0 Å². The molecular formula is C16H24N4OS. The highest BCUT2D eigenvalue weighted by molar-refractivity contribution is 8.07. The van der Waals surface area contributed by atoms with E-state index in [2.05, 4.69) is 35.1 Å². The van der Waals surface area contributed by atoms with E-state index in [9.17, 15) is 0 Å². The molecule has 0 aliphatic heterocycles. The SMILES string of the molecule is C=C.C=C(SC)c1nc(NN)c2c(OC)cccc2n1.CC. The summed E-state index contributed by atoms with van der Waals surface area (Å²) in [6.07, 6.45) is 1.93. The Morgan fingerprint density at radius 1 is 1.27 bits per heavy atom. The fraction of sp³-hybridized carbons (Fsp3) is 0.250. The highest BCUT2D eigenvalue weighted by atomic mass is 32.2. The second-order valence-electron chi connectivity index (χ2n) is 3.52. The van der Waals surface area contributed by atoms with E-state index in [1.807, 2.05) is 38.3 Å². The molecule has 22 heavy (non-hydrogen) atoms. The Kier molecular flexibility index (Phi) is 9.65. The number of aromatic nitrogens is 2. The molecule has 0 bridgehead atoms. The summed E-state index contributed by atoms with van der Waals surface area (Å²) in [7, 11) is 1.60. The summed E-state index contributed by atoms with van der Waals surface area (Å²) in [6, 6.07) is 5.60. The maximum atomic E-state index is 5.52. The van der Waals surface area contributed by atoms with Crippen molar-refractivity contribution < 1.29 is 4.74 Å². The Morgan fingerprint density at radius 2 is 1.91 bits per heavy atom. The van der Waals surface area contributed by atoms with Crippen LogP contribution < -0.4 is 16.0 Å². The average Bonchev–Trinajstić information content (AvgIpc) is 2.62. The van der Waals surface area contributed by atoms with E-state index in [4.69, 9.17) is 10.6 Å². The van der Waals surface area contributed by atoms with Gasteiger partial charge < -0.3 is 10.2 Å². The van der Waals surface area contributed by atoms with Crippen LogP contribution in [0.3, 0.4) is 0 Å². The van der Waals surface area contributed by atoms with Crippen molar-refractivity contribution in [3.8, 4) is 5.75 Å². The number of hydrogen-bond donors (Lipinski definition) is 2. The lowest BCUT2D eigenvalue weighted by Crippen LogP contribution is -2.11. The molecule has 0 saturated heterocycles. The van der Waals surface area contributed by atoms with Gasteiger partial charge in [-0.25, -0.2) is 15.8 Å². The third-order valence-electron chi connectivity index (χ3n) is 2.54. The molecule has 0 atom stereocenters. The number of ether oxygens (including phenoxy) is 1. The Bertz CT molecular complexity index is 616. The third-order valence-corrected chi connectivity index (χ3v) is 3.21. The number of nitrogens with zero attached hydrogens (tertiary/aromatic N) is 2. The number of thioether (sulfide) groups is 1. The second-order valence-corrected chi connectivity index (χ2v) is 4.42. The van der Waals surface area contributed by atoms with Gasteiger partial charge in [0.25, 0.3) is 0 Å². The zero-order chi connectivity index (χ0) is 17.1. The predicted molar refractivity (Wildman–Crippen MR) is 99.1 cm³/mol. The average molecular weight is 320 g/mol. The van der Waals surface area contributed by atoms with Gasteiger partial charge in [-0.3, -0.25) is 0 Å². The van der Waals surface area contributed by atoms with Crippen molar-refractivity contribution in [3.05, 3.63) is 43.8 Å². The molecule has 0 radical (unpaired) electrons. The number of methoxy groups -OCH3 is 1. The van der Waals surface area contributed by atoms with Crippen LogP contribution in [0.2, 0.25) is 0 Å². The number of benzene rings is 1. The van der Waals surface area contributed by atoms with Crippen LogP contribution in [-0.4, -0.2) is 23.3 Å². The lowest BCUT2D eigenvalue weighted by Gasteiger charge is -2.11. The zero-order valence-corrected chi connectivity index (χ0v) is 14.5. The van der Waals surface area contributed by atoms with E-state index in [0.717, 1.165) is 15.8 Å². The van der Waals surface area contributed by atoms with Crippen molar-refractivity contribution in [2.24, 2.45) is 5.84 Å². The molecule has 0 amide bonds. The second kappa shape index (κ2) is 10.6. The summed E-state index contributed by atoms with van der Waals surface area (Å²) in [5.41, 5.74) is 3.35.